The zero-order valence-corrected chi connectivity index (χ0v) is 20.8. The molecule has 0 saturated carbocycles. The number of piperazine rings is 1. The molecule has 0 unspecified atom stereocenters. The second kappa shape index (κ2) is 11.6. The van der Waals surface area contributed by atoms with Gasteiger partial charge in [-0.15, -0.1) is 11.6 Å². The van der Waals surface area contributed by atoms with Crippen LogP contribution in [0.3, 0.4) is 0 Å². The second-order valence-electron chi connectivity index (χ2n) is 8.90. The number of ketones is 1. The highest BCUT2D eigenvalue weighted by Crippen LogP contribution is 2.24. The molecule has 2 N–H and O–H groups in total. The summed E-state index contributed by atoms with van der Waals surface area (Å²) in [7, 11) is 0. The van der Waals surface area contributed by atoms with E-state index in [2.05, 4.69) is 9.80 Å². The highest BCUT2D eigenvalue weighted by Gasteiger charge is 2.20. The van der Waals surface area contributed by atoms with E-state index in [1.807, 2.05) is 12.1 Å². The standard InChI is InChI=1S/C27H27ClFN3O5/c28-8-1-9-30-10-12-31(13-11-30)20-6-7-21-23(14-20)32(16-18-2-4-19(29)5-3-18)17-22(26(21)35)24(33)15-25(34)27(36)37/h2-7,14-15,17,33H,1,8-13,16H2,(H,36,37)/b24-15-. The van der Waals surface area contributed by atoms with Crippen molar-refractivity contribution in [3.8, 4) is 0 Å². The Bertz CT molecular complexity index is 1400. The first kappa shape index (κ1) is 26.4. The van der Waals surface area contributed by atoms with E-state index in [1.54, 1.807) is 22.8 Å². The van der Waals surface area contributed by atoms with E-state index in [0.29, 0.717) is 22.9 Å². The van der Waals surface area contributed by atoms with Gasteiger partial charge < -0.3 is 19.7 Å². The van der Waals surface area contributed by atoms with Gasteiger partial charge in [0.2, 0.25) is 0 Å². The Hall–Kier alpha value is -3.69. The number of aliphatic hydroxyl groups excluding tert-OH is 1. The third-order valence-electron chi connectivity index (χ3n) is 6.43. The molecule has 1 fully saturated rings. The maximum absolute atomic E-state index is 13.5. The van der Waals surface area contributed by atoms with E-state index >= 15 is 0 Å². The number of aromatic nitrogens is 1. The zero-order valence-electron chi connectivity index (χ0n) is 20.1. The first-order chi connectivity index (χ1) is 17.8. The number of fused-ring (bicyclic) bond motifs is 1. The molecule has 3 aromatic rings. The summed E-state index contributed by atoms with van der Waals surface area (Å²) in [5, 5.41) is 19.6. The van der Waals surface area contributed by atoms with Crippen LogP contribution in [0.2, 0.25) is 0 Å². The number of carbonyl (C=O) groups excluding carboxylic acids is 1. The maximum Gasteiger partial charge on any atom is 0.376 e. The predicted molar refractivity (Wildman–Crippen MR) is 141 cm³/mol. The molecule has 0 spiro atoms. The van der Waals surface area contributed by atoms with Crippen LogP contribution < -0.4 is 10.3 Å². The Morgan fingerprint density at radius 3 is 2.38 bits per heavy atom. The number of carboxylic acid groups (broad SMARTS) is 1. The van der Waals surface area contributed by atoms with Crippen molar-refractivity contribution in [3.63, 3.8) is 0 Å². The first-order valence-electron chi connectivity index (χ1n) is 11.9. The number of aliphatic carboxylic acids is 1. The van der Waals surface area contributed by atoms with Crippen LogP contribution in [-0.2, 0) is 16.1 Å². The molecule has 37 heavy (non-hydrogen) atoms. The fourth-order valence-electron chi connectivity index (χ4n) is 4.45. The van der Waals surface area contributed by atoms with Crippen molar-refractivity contribution >= 4 is 45.7 Å². The third kappa shape index (κ3) is 6.18. The molecule has 4 rings (SSSR count). The van der Waals surface area contributed by atoms with Gasteiger partial charge in [-0.2, -0.15) is 0 Å². The second-order valence-corrected chi connectivity index (χ2v) is 9.28. The van der Waals surface area contributed by atoms with E-state index in [0.717, 1.165) is 50.4 Å². The van der Waals surface area contributed by atoms with Crippen molar-refractivity contribution in [3.05, 3.63) is 81.9 Å². The summed E-state index contributed by atoms with van der Waals surface area (Å²) in [5.74, 6) is -3.57. The Balaban J connectivity index is 1.75. The van der Waals surface area contributed by atoms with Gasteiger partial charge in [-0.3, -0.25) is 14.5 Å². The molecule has 1 aliphatic heterocycles. The van der Waals surface area contributed by atoms with Crippen LogP contribution in [0.1, 0.15) is 17.5 Å². The molecule has 1 aliphatic rings. The molecule has 194 valence electrons. The Kier molecular flexibility index (Phi) is 8.25. The third-order valence-corrected chi connectivity index (χ3v) is 6.70. The zero-order chi connectivity index (χ0) is 26.5. The molecule has 0 aliphatic carbocycles. The van der Waals surface area contributed by atoms with Crippen molar-refractivity contribution in [1.82, 2.24) is 9.47 Å². The quantitative estimate of drug-likeness (QED) is 0.190. The topological polar surface area (TPSA) is 103 Å². The van der Waals surface area contributed by atoms with Crippen molar-refractivity contribution in [2.24, 2.45) is 0 Å². The summed E-state index contributed by atoms with van der Waals surface area (Å²) in [5.41, 5.74) is 1.54. The van der Waals surface area contributed by atoms with Gasteiger partial charge in [0.05, 0.1) is 11.1 Å². The van der Waals surface area contributed by atoms with Crippen LogP contribution in [0.5, 0.6) is 0 Å². The van der Waals surface area contributed by atoms with Gasteiger partial charge in [-0.25, -0.2) is 9.18 Å². The maximum atomic E-state index is 13.5. The fourth-order valence-corrected chi connectivity index (χ4v) is 4.57. The van der Waals surface area contributed by atoms with Crippen LogP contribution in [0.25, 0.3) is 16.7 Å². The molecule has 2 aromatic carbocycles. The Morgan fingerprint density at radius 2 is 1.73 bits per heavy atom. The van der Waals surface area contributed by atoms with E-state index < -0.39 is 22.9 Å². The lowest BCUT2D eigenvalue weighted by molar-refractivity contribution is -0.146. The summed E-state index contributed by atoms with van der Waals surface area (Å²) < 4.78 is 15.2. The van der Waals surface area contributed by atoms with E-state index in [4.69, 9.17) is 16.7 Å². The van der Waals surface area contributed by atoms with Crippen LogP contribution >= 0.6 is 11.6 Å². The molecular formula is C27H27ClFN3O5. The number of pyridine rings is 1. The van der Waals surface area contributed by atoms with Gasteiger partial charge in [0.25, 0.3) is 5.78 Å². The number of alkyl halides is 1. The van der Waals surface area contributed by atoms with Crippen molar-refractivity contribution in [1.29, 1.82) is 0 Å². The van der Waals surface area contributed by atoms with Crippen LogP contribution in [0.15, 0.2) is 59.5 Å². The first-order valence-corrected chi connectivity index (χ1v) is 12.4. The average molecular weight is 528 g/mol. The van der Waals surface area contributed by atoms with Crippen molar-refractivity contribution in [2.75, 3.05) is 43.5 Å². The van der Waals surface area contributed by atoms with Crippen LogP contribution in [0.4, 0.5) is 10.1 Å². The highest BCUT2D eigenvalue weighted by molar-refractivity contribution is 6.38. The van der Waals surface area contributed by atoms with E-state index in [9.17, 15) is 23.9 Å². The minimum Gasteiger partial charge on any atom is -0.507 e. The number of anilines is 1. The summed E-state index contributed by atoms with van der Waals surface area (Å²) in [6.45, 7) is 4.62. The number of rotatable bonds is 9. The summed E-state index contributed by atoms with van der Waals surface area (Å²) in [4.78, 5) is 40.4. The van der Waals surface area contributed by atoms with Gasteiger partial charge in [-0.05, 0) is 48.9 Å². The molecule has 1 aromatic heterocycles. The lowest BCUT2D eigenvalue weighted by Gasteiger charge is -2.36. The number of carboxylic acids is 1. The van der Waals surface area contributed by atoms with Gasteiger partial charge >= 0.3 is 5.97 Å². The molecule has 8 nitrogen and oxygen atoms in total. The van der Waals surface area contributed by atoms with Gasteiger partial charge in [0, 0.05) is 62.0 Å². The molecule has 0 radical (unpaired) electrons. The molecular weight excluding hydrogens is 501 g/mol. The van der Waals surface area contributed by atoms with Gasteiger partial charge in [0.1, 0.15) is 11.6 Å². The molecule has 0 amide bonds. The molecule has 10 heteroatoms. The highest BCUT2D eigenvalue weighted by atomic mass is 35.5. The minimum absolute atomic E-state index is 0.204. The summed E-state index contributed by atoms with van der Waals surface area (Å²) >= 11 is 5.82. The average Bonchev–Trinajstić information content (AvgIpc) is 2.90. The predicted octanol–water partition coefficient (Wildman–Crippen LogP) is 3.49. The number of hydrogen-bond acceptors (Lipinski definition) is 6. The molecule has 2 heterocycles. The SMILES string of the molecule is O=C(O)C(=O)/C=C(\O)c1cn(Cc2ccc(F)cc2)c2cc(N3CCN(CCCCl)CC3)ccc2c1=O. The largest absolute Gasteiger partial charge is 0.507 e. The number of benzene rings is 2. The number of carbonyl (C=O) groups is 2. The Labute approximate surface area is 217 Å². The number of halogens is 2. The molecule has 1 saturated heterocycles. The lowest BCUT2D eigenvalue weighted by Crippen LogP contribution is -2.46. The monoisotopic (exact) mass is 527 g/mol. The van der Waals surface area contributed by atoms with Crippen LogP contribution in [0, 0.1) is 5.82 Å². The van der Waals surface area contributed by atoms with Gasteiger partial charge in [0.15, 0.2) is 5.43 Å². The van der Waals surface area contributed by atoms with Crippen molar-refractivity contribution < 1.29 is 24.2 Å². The Morgan fingerprint density at radius 1 is 1.03 bits per heavy atom. The van der Waals surface area contributed by atoms with Crippen molar-refractivity contribution in [2.45, 2.75) is 13.0 Å². The van der Waals surface area contributed by atoms with Crippen LogP contribution in [-0.4, -0.2) is 70.0 Å². The normalized spacial score (nSPS) is 14.8. The van der Waals surface area contributed by atoms with Gasteiger partial charge in [-0.1, -0.05) is 12.1 Å². The van der Waals surface area contributed by atoms with E-state index in [-0.39, 0.29) is 17.9 Å². The smallest absolute Gasteiger partial charge is 0.376 e. The number of nitrogens with zero attached hydrogens (tertiary/aromatic N) is 3. The molecule has 0 bridgehead atoms. The summed E-state index contributed by atoms with van der Waals surface area (Å²) in [6.07, 6.45) is 2.85. The number of hydrogen-bond donors (Lipinski definition) is 2. The fraction of sp³-hybridized carbons (Fsp3) is 0.296. The summed E-state index contributed by atoms with van der Waals surface area (Å²) in [6, 6.07) is 11.3. The van der Waals surface area contributed by atoms with E-state index in [1.165, 1.54) is 18.3 Å². The minimum atomic E-state index is -1.74. The lowest BCUT2D eigenvalue weighted by atomic mass is 10.1. The molecule has 0 atom stereocenters. The number of aliphatic hydroxyl groups is 1.